The summed E-state index contributed by atoms with van der Waals surface area (Å²) < 4.78 is 18.9. The maximum atomic E-state index is 13.8. The number of aliphatic hydroxyl groups is 1. The molecule has 1 amide bonds. The van der Waals surface area contributed by atoms with E-state index in [-0.39, 0.29) is 25.3 Å². The van der Waals surface area contributed by atoms with E-state index in [1.807, 2.05) is 0 Å². The third-order valence-electron chi connectivity index (χ3n) is 3.09. The fourth-order valence-corrected chi connectivity index (χ4v) is 2.02. The monoisotopic (exact) mass is 284 g/mol. The molecule has 0 spiro atoms. The largest absolute Gasteiger partial charge is 0.394 e. The molecule has 1 fully saturated rings. The predicted octanol–water partition coefficient (Wildman–Crippen LogP) is 0.567. The molecule has 2 rings (SSSR count). The number of ether oxygens (including phenoxy) is 1. The topological polar surface area (TPSA) is 92.9 Å². The van der Waals surface area contributed by atoms with Crippen LogP contribution in [0, 0.1) is 15.9 Å². The Hall–Kier alpha value is -2.06. The molecule has 20 heavy (non-hydrogen) atoms. The second kappa shape index (κ2) is 5.93. The fourth-order valence-electron chi connectivity index (χ4n) is 2.02. The van der Waals surface area contributed by atoms with Gasteiger partial charge < -0.3 is 14.7 Å². The number of morpholine rings is 1. The van der Waals surface area contributed by atoms with Crippen molar-refractivity contribution in [1.29, 1.82) is 0 Å². The van der Waals surface area contributed by atoms with Crippen LogP contribution in [0.4, 0.5) is 10.1 Å². The fraction of sp³-hybridized carbons (Fsp3) is 0.417. The molecule has 0 saturated carbocycles. The van der Waals surface area contributed by atoms with Gasteiger partial charge in [-0.05, 0) is 6.07 Å². The summed E-state index contributed by atoms with van der Waals surface area (Å²) in [5, 5.41) is 19.7. The zero-order chi connectivity index (χ0) is 14.7. The average Bonchev–Trinajstić information content (AvgIpc) is 2.46. The van der Waals surface area contributed by atoms with Crippen molar-refractivity contribution >= 4 is 11.6 Å². The Morgan fingerprint density at radius 2 is 2.35 bits per heavy atom. The average molecular weight is 284 g/mol. The Morgan fingerprint density at radius 1 is 1.60 bits per heavy atom. The van der Waals surface area contributed by atoms with Crippen molar-refractivity contribution in [2.45, 2.75) is 6.04 Å². The lowest BCUT2D eigenvalue weighted by molar-refractivity contribution is -0.385. The summed E-state index contributed by atoms with van der Waals surface area (Å²) in [7, 11) is 0. The van der Waals surface area contributed by atoms with Crippen LogP contribution in [0.15, 0.2) is 18.2 Å². The van der Waals surface area contributed by atoms with Crippen LogP contribution in [0.1, 0.15) is 10.4 Å². The molecule has 1 aromatic rings. The Kier molecular flexibility index (Phi) is 4.26. The molecular formula is C12H13FN2O5. The van der Waals surface area contributed by atoms with Crippen LogP contribution < -0.4 is 0 Å². The minimum absolute atomic E-state index is 0.177. The molecule has 0 aromatic heterocycles. The van der Waals surface area contributed by atoms with Crippen molar-refractivity contribution in [3.05, 3.63) is 39.7 Å². The normalized spacial score (nSPS) is 18.9. The van der Waals surface area contributed by atoms with Gasteiger partial charge in [-0.15, -0.1) is 0 Å². The van der Waals surface area contributed by atoms with Crippen LogP contribution in [0.2, 0.25) is 0 Å². The quantitative estimate of drug-likeness (QED) is 0.647. The highest BCUT2D eigenvalue weighted by atomic mass is 19.1. The standard InChI is InChI=1S/C12H13FN2O5/c13-11-5-8(15(18)19)1-2-10(11)12(17)14-3-4-20-7-9(14)6-16/h1-2,5,9,16H,3-4,6-7H2. The van der Waals surface area contributed by atoms with Gasteiger partial charge in [-0.3, -0.25) is 14.9 Å². The summed E-state index contributed by atoms with van der Waals surface area (Å²) in [6, 6.07) is 2.33. The minimum atomic E-state index is -0.951. The number of hydrogen-bond acceptors (Lipinski definition) is 5. The number of aliphatic hydroxyl groups excluding tert-OH is 1. The molecule has 0 bridgehead atoms. The maximum absolute atomic E-state index is 13.8. The van der Waals surface area contributed by atoms with Gasteiger partial charge in [0.2, 0.25) is 0 Å². The molecule has 7 nitrogen and oxygen atoms in total. The summed E-state index contributed by atoms with van der Waals surface area (Å²) in [6.07, 6.45) is 0. The van der Waals surface area contributed by atoms with Gasteiger partial charge >= 0.3 is 0 Å². The number of nitro benzene ring substituents is 1. The molecule has 108 valence electrons. The Morgan fingerprint density at radius 3 is 2.95 bits per heavy atom. The lowest BCUT2D eigenvalue weighted by atomic mass is 10.1. The van der Waals surface area contributed by atoms with Crippen molar-refractivity contribution in [2.24, 2.45) is 0 Å². The number of carbonyl (C=O) groups is 1. The van der Waals surface area contributed by atoms with Gasteiger partial charge in [0.15, 0.2) is 0 Å². The second-order valence-electron chi connectivity index (χ2n) is 4.33. The van der Waals surface area contributed by atoms with Crippen molar-refractivity contribution in [1.82, 2.24) is 4.90 Å². The molecule has 1 saturated heterocycles. The first kappa shape index (κ1) is 14.4. The van der Waals surface area contributed by atoms with E-state index in [4.69, 9.17) is 4.74 Å². The number of carbonyl (C=O) groups excluding carboxylic acids is 1. The summed E-state index contributed by atoms with van der Waals surface area (Å²) in [5.74, 6) is -1.56. The molecular weight excluding hydrogens is 271 g/mol. The zero-order valence-corrected chi connectivity index (χ0v) is 10.5. The van der Waals surface area contributed by atoms with Crippen LogP contribution in [-0.2, 0) is 4.74 Å². The van der Waals surface area contributed by atoms with E-state index < -0.39 is 28.4 Å². The second-order valence-corrected chi connectivity index (χ2v) is 4.33. The van der Waals surface area contributed by atoms with Gasteiger partial charge in [0.05, 0.1) is 42.4 Å². The number of non-ortho nitro benzene ring substituents is 1. The first-order valence-corrected chi connectivity index (χ1v) is 5.98. The Labute approximate surface area is 113 Å². The van der Waals surface area contributed by atoms with E-state index in [0.717, 1.165) is 12.1 Å². The van der Waals surface area contributed by atoms with E-state index in [1.54, 1.807) is 0 Å². The maximum Gasteiger partial charge on any atom is 0.272 e. The van der Waals surface area contributed by atoms with Gasteiger partial charge in [-0.2, -0.15) is 0 Å². The van der Waals surface area contributed by atoms with E-state index in [1.165, 1.54) is 4.90 Å². The van der Waals surface area contributed by atoms with Crippen LogP contribution >= 0.6 is 0 Å². The highest BCUT2D eigenvalue weighted by Gasteiger charge is 2.29. The van der Waals surface area contributed by atoms with Gasteiger partial charge in [-0.1, -0.05) is 0 Å². The first-order chi connectivity index (χ1) is 9.54. The number of benzene rings is 1. The molecule has 1 aliphatic heterocycles. The number of halogens is 1. The molecule has 0 radical (unpaired) electrons. The minimum Gasteiger partial charge on any atom is -0.394 e. The van der Waals surface area contributed by atoms with E-state index in [2.05, 4.69) is 0 Å². The van der Waals surface area contributed by atoms with Crippen molar-refractivity contribution in [3.8, 4) is 0 Å². The predicted molar refractivity (Wildman–Crippen MR) is 65.8 cm³/mol. The summed E-state index contributed by atoms with van der Waals surface area (Å²) >= 11 is 0. The summed E-state index contributed by atoms with van der Waals surface area (Å²) in [4.78, 5) is 23.3. The molecule has 1 aliphatic rings. The van der Waals surface area contributed by atoms with Crippen molar-refractivity contribution in [2.75, 3.05) is 26.4 Å². The highest BCUT2D eigenvalue weighted by molar-refractivity contribution is 5.95. The highest BCUT2D eigenvalue weighted by Crippen LogP contribution is 2.19. The molecule has 1 unspecified atom stereocenters. The molecule has 1 atom stereocenters. The third kappa shape index (κ3) is 2.75. The van der Waals surface area contributed by atoms with Gasteiger partial charge in [0.25, 0.3) is 11.6 Å². The summed E-state index contributed by atoms with van der Waals surface area (Å²) in [5.41, 5.74) is -0.671. The first-order valence-electron chi connectivity index (χ1n) is 5.98. The van der Waals surface area contributed by atoms with Crippen LogP contribution in [0.5, 0.6) is 0 Å². The number of amides is 1. The number of rotatable bonds is 3. The molecule has 8 heteroatoms. The molecule has 1 N–H and O–H groups in total. The van der Waals surface area contributed by atoms with Crippen molar-refractivity contribution in [3.63, 3.8) is 0 Å². The molecule has 1 aromatic carbocycles. The summed E-state index contributed by atoms with van der Waals surface area (Å²) in [6.45, 7) is 0.425. The lowest BCUT2D eigenvalue weighted by Crippen LogP contribution is -2.50. The number of nitro groups is 1. The van der Waals surface area contributed by atoms with Crippen LogP contribution in [0.25, 0.3) is 0 Å². The van der Waals surface area contributed by atoms with Crippen LogP contribution in [-0.4, -0.2) is 53.2 Å². The Bertz CT molecular complexity index is 537. The van der Waals surface area contributed by atoms with Gasteiger partial charge in [0.1, 0.15) is 5.82 Å². The lowest BCUT2D eigenvalue weighted by Gasteiger charge is -2.34. The van der Waals surface area contributed by atoms with Gasteiger partial charge in [0, 0.05) is 12.6 Å². The zero-order valence-electron chi connectivity index (χ0n) is 10.5. The number of hydrogen-bond donors (Lipinski definition) is 1. The van der Waals surface area contributed by atoms with E-state index in [9.17, 15) is 24.4 Å². The van der Waals surface area contributed by atoms with E-state index >= 15 is 0 Å². The van der Waals surface area contributed by atoms with Crippen LogP contribution in [0.3, 0.4) is 0 Å². The van der Waals surface area contributed by atoms with Crippen molar-refractivity contribution < 1.29 is 24.0 Å². The SMILES string of the molecule is O=C(c1ccc([N+](=O)[O-])cc1F)N1CCOCC1CO. The molecule has 1 heterocycles. The third-order valence-corrected chi connectivity index (χ3v) is 3.09. The smallest absolute Gasteiger partial charge is 0.272 e. The number of nitrogens with zero attached hydrogens (tertiary/aromatic N) is 2. The van der Waals surface area contributed by atoms with Gasteiger partial charge in [-0.25, -0.2) is 4.39 Å². The Balaban J connectivity index is 2.26. The molecule has 0 aliphatic carbocycles. The van der Waals surface area contributed by atoms with E-state index in [0.29, 0.717) is 12.7 Å².